The molecule has 33 heavy (non-hydrogen) atoms. The van der Waals surface area contributed by atoms with Crippen molar-refractivity contribution in [2.75, 3.05) is 0 Å². The lowest BCUT2D eigenvalue weighted by Crippen LogP contribution is -2.66. The zero-order valence-electron chi connectivity index (χ0n) is 19.4. The first-order chi connectivity index (χ1) is 16.0. The molecule has 4 bridgehead atoms. The van der Waals surface area contributed by atoms with Gasteiger partial charge in [-0.3, -0.25) is 9.59 Å². The van der Waals surface area contributed by atoms with Gasteiger partial charge in [0, 0.05) is 30.9 Å². The second-order valence-corrected chi connectivity index (χ2v) is 11.0. The molecule has 0 aromatic carbocycles. The summed E-state index contributed by atoms with van der Waals surface area (Å²) in [5.41, 5.74) is 0.546. The molecule has 0 radical (unpaired) electrons. The van der Waals surface area contributed by atoms with E-state index in [1.54, 1.807) is 24.0 Å². The second kappa shape index (κ2) is 7.99. The van der Waals surface area contributed by atoms with Gasteiger partial charge in [-0.1, -0.05) is 19.3 Å². The smallest absolute Gasteiger partial charge is 0.256 e. The normalized spacial score (nSPS) is 33.2. The van der Waals surface area contributed by atoms with Gasteiger partial charge < -0.3 is 10.6 Å². The van der Waals surface area contributed by atoms with Gasteiger partial charge in [0.1, 0.15) is 5.56 Å². The van der Waals surface area contributed by atoms with Crippen LogP contribution in [0, 0.1) is 17.8 Å². The van der Waals surface area contributed by atoms with E-state index in [1.807, 2.05) is 16.9 Å². The van der Waals surface area contributed by atoms with Gasteiger partial charge in [-0.15, -0.1) is 0 Å². The van der Waals surface area contributed by atoms with Crippen LogP contribution in [0.3, 0.4) is 0 Å². The summed E-state index contributed by atoms with van der Waals surface area (Å²) in [5.74, 6) is 2.31. The van der Waals surface area contributed by atoms with E-state index in [-0.39, 0.29) is 23.4 Å². The van der Waals surface area contributed by atoms with Crippen LogP contribution in [0.4, 0.5) is 0 Å². The molecule has 2 amide bonds. The number of carbonyl (C=O) groups is 2. The number of rotatable bonds is 5. The lowest BCUT2D eigenvalue weighted by molar-refractivity contribution is -0.125. The molecule has 2 N–H and O–H groups in total. The van der Waals surface area contributed by atoms with Crippen LogP contribution in [0.15, 0.2) is 24.7 Å². The fraction of sp³-hybridized carbons (Fsp3) is 0.680. The van der Waals surface area contributed by atoms with Gasteiger partial charge in [0.25, 0.3) is 5.91 Å². The molecule has 0 spiro atoms. The van der Waals surface area contributed by atoms with E-state index in [1.165, 1.54) is 19.3 Å². The van der Waals surface area contributed by atoms with Crippen LogP contribution < -0.4 is 10.6 Å². The number of nitrogens with zero attached hydrogens (tertiary/aromatic N) is 4. The fourth-order valence-corrected chi connectivity index (χ4v) is 7.75. The lowest BCUT2D eigenvalue weighted by atomic mass is 9.51. The van der Waals surface area contributed by atoms with E-state index in [0.717, 1.165) is 50.8 Å². The fourth-order valence-electron chi connectivity index (χ4n) is 7.75. The quantitative estimate of drug-likeness (QED) is 0.730. The third kappa shape index (κ3) is 3.67. The minimum absolute atomic E-state index is 0.0476. The van der Waals surface area contributed by atoms with Crippen molar-refractivity contribution < 1.29 is 9.59 Å². The van der Waals surface area contributed by atoms with Crippen molar-refractivity contribution >= 4 is 11.8 Å². The number of hydrogen-bond donors (Lipinski definition) is 2. The van der Waals surface area contributed by atoms with E-state index in [9.17, 15) is 9.59 Å². The predicted molar refractivity (Wildman–Crippen MR) is 123 cm³/mol. The Morgan fingerprint density at radius 1 is 1.06 bits per heavy atom. The number of aromatic nitrogens is 4. The van der Waals surface area contributed by atoms with Gasteiger partial charge in [-0.05, 0) is 68.8 Å². The highest BCUT2D eigenvalue weighted by molar-refractivity contribution is 5.97. The first-order valence-electron chi connectivity index (χ1n) is 12.7. The van der Waals surface area contributed by atoms with Gasteiger partial charge in [0.05, 0.1) is 12.2 Å². The molecule has 5 aliphatic carbocycles. The molecule has 5 fully saturated rings. The molecular formula is C25H34N6O2. The molecule has 2 aromatic rings. The van der Waals surface area contributed by atoms with Crippen molar-refractivity contribution in [1.82, 2.24) is 30.2 Å². The zero-order chi connectivity index (χ0) is 22.6. The summed E-state index contributed by atoms with van der Waals surface area (Å²) in [6, 6.07) is 2.37. The van der Waals surface area contributed by atoms with Crippen molar-refractivity contribution in [3.8, 4) is 5.82 Å². The third-order valence-electron chi connectivity index (χ3n) is 8.67. The van der Waals surface area contributed by atoms with Crippen LogP contribution in [-0.4, -0.2) is 43.0 Å². The highest BCUT2D eigenvalue weighted by atomic mass is 16.2. The Balaban J connectivity index is 1.26. The maximum Gasteiger partial charge on any atom is 0.256 e. The van der Waals surface area contributed by atoms with Crippen molar-refractivity contribution in [3.05, 3.63) is 30.2 Å². The summed E-state index contributed by atoms with van der Waals surface area (Å²) in [5, 5.41) is 15.8. The SMILES string of the molecule is CC(=O)N[C@]12CC3CC(C1)[C@@H](NC(=O)c1cnn(C4CCCCC4)c1-n1cccn1)C(C3)C2. The van der Waals surface area contributed by atoms with Gasteiger partial charge >= 0.3 is 0 Å². The summed E-state index contributed by atoms with van der Waals surface area (Å²) in [7, 11) is 0. The van der Waals surface area contributed by atoms with Crippen LogP contribution in [0.5, 0.6) is 0 Å². The predicted octanol–water partition coefficient (Wildman–Crippen LogP) is 3.39. The molecule has 5 saturated carbocycles. The summed E-state index contributed by atoms with van der Waals surface area (Å²) in [4.78, 5) is 25.5. The molecule has 2 aromatic heterocycles. The van der Waals surface area contributed by atoms with Gasteiger partial charge in [-0.25, -0.2) is 9.36 Å². The Bertz CT molecular complexity index is 1020. The first kappa shape index (κ1) is 20.9. The standard InChI is InChI=1S/C25H34N6O2/c1-16(32)29-25-12-17-10-18(13-25)22(19(11-17)14-25)28-23(33)21-15-27-31(20-6-3-2-4-7-20)24(21)30-9-5-8-26-30/h5,8-9,15,17-20,22H,2-4,6-7,10-14H2,1H3,(H,28,33)(H,29,32)/t17?,18?,19?,22-,25-. The Hall–Kier alpha value is -2.64. The number of amides is 2. The second-order valence-electron chi connectivity index (χ2n) is 11.0. The highest BCUT2D eigenvalue weighted by Crippen LogP contribution is 2.55. The van der Waals surface area contributed by atoms with Gasteiger partial charge in [0.15, 0.2) is 5.82 Å². The van der Waals surface area contributed by atoms with Crippen LogP contribution in [0.1, 0.15) is 87.5 Å². The number of carbonyl (C=O) groups excluding carboxylic acids is 2. The third-order valence-corrected chi connectivity index (χ3v) is 8.67. The van der Waals surface area contributed by atoms with Crippen LogP contribution in [-0.2, 0) is 4.79 Å². The molecular weight excluding hydrogens is 416 g/mol. The summed E-state index contributed by atoms with van der Waals surface area (Å²) in [6.45, 7) is 1.62. The van der Waals surface area contributed by atoms with Gasteiger partial charge in [0.2, 0.25) is 5.91 Å². The average Bonchev–Trinajstić information content (AvgIpc) is 3.45. The van der Waals surface area contributed by atoms with E-state index < -0.39 is 0 Å². The molecule has 5 aliphatic rings. The van der Waals surface area contributed by atoms with Crippen molar-refractivity contribution in [2.45, 2.75) is 88.8 Å². The molecule has 8 heteroatoms. The Labute approximate surface area is 194 Å². The van der Waals surface area contributed by atoms with Crippen LogP contribution >= 0.6 is 0 Å². The molecule has 8 nitrogen and oxygen atoms in total. The molecule has 2 atom stereocenters. The van der Waals surface area contributed by atoms with Crippen molar-refractivity contribution in [2.24, 2.45) is 17.8 Å². The molecule has 0 saturated heterocycles. The Morgan fingerprint density at radius 3 is 2.48 bits per heavy atom. The van der Waals surface area contributed by atoms with Crippen molar-refractivity contribution in [1.29, 1.82) is 0 Å². The van der Waals surface area contributed by atoms with Crippen molar-refractivity contribution in [3.63, 3.8) is 0 Å². The Morgan fingerprint density at radius 2 is 1.82 bits per heavy atom. The largest absolute Gasteiger partial charge is 0.351 e. The van der Waals surface area contributed by atoms with Crippen LogP contribution in [0.25, 0.3) is 5.82 Å². The molecule has 2 heterocycles. The number of hydrogen-bond acceptors (Lipinski definition) is 4. The minimum Gasteiger partial charge on any atom is -0.351 e. The summed E-state index contributed by atoms with van der Waals surface area (Å²) in [6.07, 6.45) is 16.6. The number of nitrogens with one attached hydrogen (secondary N) is 2. The lowest BCUT2D eigenvalue weighted by Gasteiger charge is -2.60. The monoisotopic (exact) mass is 450 g/mol. The zero-order valence-corrected chi connectivity index (χ0v) is 19.4. The van der Waals surface area contributed by atoms with Crippen LogP contribution in [0.2, 0.25) is 0 Å². The minimum atomic E-state index is -0.0599. The Kier molecular flexibility index (Phi) is 5.07. The van der Waals surface area contributed by atoms with E-state index >= 15 is 0 Å². The average molecular weight is 451 g/mol. The molecule has 2 unspecified atom stereocenters. The maximum absolute atomic E-state index is 13.6. The molecule has 0 aliphatic heterocycles. The highest BCUT2D eigenvalue weighted by Gasteiger charge is 2.56. The molecule has 7 rings (SSSR count). The summed E-state index contributed by atoms with van der Waals surface area (Å²) < 4.78 is 3.82. The van der Waals surface area contributed by atoms with Gasteiger partial charge in [-0.2, -0.15) is 10.2 Å². The first-order valence-corrected chi connectivity index (χ1v) is 12.7. The maximum atomic E-state index is 13.6. The summed E-state index contributed by atoms with van der Waals surface area (Å²) >= 11 is 0. The van der Waals surface area contributed by atoms with E-state index in [0.29, 0.717) is 29.4 Å². The van der Waals surface area contributed by atoms with E-state index in [4.69, 9.17) is 5.10 Å². The topological polar surface area (TPSA) is 93.8 Å². The molecule has 176 valence electrons. The van der Waals surface area contributed by atoms with E-state index in [2.05, 4.69) is 15.7 Å².